The van der Waals surface area contributed by atoms with Crippen molar-refractivity contribution in [2.75, 3.05) is 25.0 Å². The minimum absolute atomic E-state index is 0.149. The molecule has 1 saturated heterocycles. The lowest BCUT2D eigenvalue weighted by Crippen LogP contribution is -2.57. The maximum Gasteiger partial charge on any atom is 0.261 e. The van der Waals surface area contributed by atoms with Gasteiger partial charge in [0, 0.05) is 44.1 Å². The first-order valence-electron chi connectivity index (χ1n) is 17.0. The van der Waals surface area contributed by atoms with E-state index in [1.54, 1.807) is 29.1 Å². The van der Waals surface area contributed by atoms with Crippen molar-refractivity contribution in [2.24, 2.45) is 28.2 Å². The first-order chi connectivity index (χ1) is 22.6. The summed E-state index contributed by atoms with van der Waals surface area (Å²) in [6.45, 7) is 14.3. The molecule has 3 saturated carbocycles. The second kappa shape index (κ2) is 12.4. The monoisotopic (exact) mass is 636 g/mol. The standard InChI is InChI=1S/C37H45FN8O/c1-22-19-41-33(20-40-22)34-43-32-18-28(10-11-29(32)35(47)46(34)14-12-25-6-8-27(38)9-7-25)42-36(45-15-13-39-23(2)21-45)44-31-17-26-16-30(24(31)3)37(26,4)5/h6-11,18-20,23-24,26,30-31,39H,12-17,21H2,1-5H3,(H,42,44). The molecule has 2 N–H and O–H groups in total. The SMILES string of the molecule is Cc1cnc(-c2nc3cc(NC(=NC4CC5CC(C4C)C5(C)C)N4CCNC(C)C4)ccc3c(=O)n2CCc2ccc(F)cc2)cn1. The lowest BCUT2D eigenvalue weighted by molar-refractivity contribution is -0.108. The predicted octanol–water partition coefficient (Wildman–Crippen LogP) is 5.68. The summed E-state index contributed by atoms with van der Waals surface area (Å²) in [5, 5.41) is 7.75. The molecule has 3 heterocycles. The minimum Gasteiger partial charge on any atom is -0.340 e. The van der Waals surface area contributed by atoms with E-state index < -0.39 is 0 Å². The number of aryl methyl sites for hydroxylation is 2. The quantitative estimate of drug-likeness (QED) is 0.208. The molecule has 3 aliphatic carbocycles. The van der Waals surface area contributed by atoms with Gasteiger partial charge in [-0.05, 0) is 92.2 Å². The van der Waals surface area contributed by atoms with Crippen molar-refractivity contribution < 1.29 is 4.39 Å². The number of aliphatic imine (C=N–C) groups is 1. The number of aromatic nitrogens is 4. The number of anilines is 1. The molecule has 5 unspecified atom stereocenters. The number of hydrogen-bond donors (Lipinski definition) is 2. The summed E-state index contributed by atoms with van der Waals surface area (Å²) in [6.07, 6.45) is 6.32. The zero-order valence-corrected chi connectivity index (χ0v) is 28.0. The third-order valence-corrected chi connectivity index (χ3v) is 11.0. The first-order valence-corrected chi connectivity index (χ1v) is 17.0. The highest BCUT2D eigenvalue weighted by molar-refractivity contribution is 5.96. The molecule has 9 nitrogen and oxygen atoms in total. The Morgan fingerprint density at radius 2 is 1.91 bits per heavy atom. The number of halogens is 1. The van der Waals surface area contributed by atoms with Gasteiger partial charge < -0.3 is 15.5 Å². The number of rotatable bonds is 6. The van der Waals surface area contributed by atoms with Crippen molar-refractivity contribution in [1.29, 1.82) is 0 Å². The molecule has 2 aromatic carbocycles. The van der Waals surface area contributed by atoms with Gasteiger partial charge in [-0.3, -0.25) is 14.3 Å². The van der Waals surface area contributed by atoms with Crippen molar-refractivity contribution in [3.63, 3.8) is 0 Å². The van der Waals surface area contributed by atoms with E-state index in [9.17, 15) is 9.18 Å². The van der Waals surface area contributed by atoms with Crippen LogP contribution in [0.4, 0.5) is 10.1 Å². The second-order valence-corrected chi connectivity index (χ2v) is 14.4. The number of fused-ring (bicyclic) bond motifs is 3. The topological polar surface area (TPSA) is 100 Å². The van der Waals surface area contributed by atoms with E-state index in [1.165, 1.54) is 18.6 Å². The van der Waals surface area contributed by atoms with Crippen molar-refractivity contribution in [3.8, 4) is 11.5 Å². The number of piperazine rings is 1. The van der Waals surface area contributed by atoms with E-state index in [2.05, 4.69) is 53.2 Å². The second-order valence-electron chi connectivity index (χ2n) is 14.4. The largest absolute Gasteiger partial charge is 0.340 e. The average Bonchev–Trinajstić information content (AvgIpc) is 3.05. The van der Waals surface area contributed by atoms with E-state index >= 15 is 0 Å². The first kappa shape index (κ1) is 31.4. The molecule has 2 bridgehead atoms. The molecule has 10 heteroatoms. The van der Waals surface area contributed by atoms with Crippen LogP contribution in [-0.2, 0) is 13.0 Å². The van der Waals surface area contributed by atoms with Gasteiger partial charge in [0.2, 0.25) is 0 Å². The number of benzene rings is 2. The summed E-state index contributed by atoms with van der Waals surface area (Å²) in [6, 6.07) is 12.7. The Bertz CT molecular complexity index is 1850. The lowest BCUT2D eigenvalue weighted by Gasteiger charge is -2.61. The highest BCUT2D eigenvalue weighted by Crippen LogP contribution is 2.61. The van der Waals surface area contributed by atoms with Gasteiger partial charge in [0.15, 0.2) is 11.8 Å². The van der Waals surface area contributed by atoms with E-state index in [4.69, 9.17) is 9.98 Å². The molecule has 0 radical (unpaired) electrons. The Kier molecular flexibility index (Phi) is 8.32. The molecule has 4 aromatic rings. The smallest absolute Gasteiger partial charge is 0.261 e. The van der Waals surface area contributed by atoms with Crippen molar-refractivity contribution in [1.82, 2.24) is 29.7 Å². The van der Waals surface area contributed by atoms with Crippen LogP contribution in [0.25, 0.3) is 22.4 Å². The molecule has 1 aliphatic heterocycles. The fourth-order valence-corrected chi connectivity index (χ4v) is 8.00. The van der Waals surface area contributed by atoms with E-state index in [0.717, 1.165) is 54.9 Å². The van der Waals surface area contributed by atoms with Gasteiger partial charge in [-0.15, -0.1) is 0 Å². The lowest BCUT2D eigenvalue weighted by atomic mass is 9.45. The van der Waals surface area contributed by atoms with Gasteiger partial charge in [-0.25, -0.2) is 19.4 Å². The fraction of sp³-hybridized carbons (Fsp3) is 0.486. The highest BCUT2D eigenvalue weighted by Gasteiger charge is 2.56. The Morgan fingerprint density at radius 1 is 1.11 bits per heavy atom. The summed E-state index contributed by atoms with van der Waals surface area (Å²) in [5.74, 6) is 3.02. The van der Waals surface area contributed by atoms with Crippen LogP contribution < -0.4 is 16.2 Å². The Hall–Kier alpha value is -4.18. The van der Waals surface area contributed by atoms with Crippen LogP contribution in [0.5, 0.6) is 0 Å². The molecule has 4 fully saturated rings. The van der Waals surface area contributed by atoms with Gasteiger partial charge in [0.05, 0.1) is 28.8 Å². The molecular weight excluding hydrogens is 591 g/mol. The zero-order valence-electron chi connectivity index (χ0n) is 28.0. The number of guanidine groups is 1. The summed E-state index contributed by atoms with van der Waals surface area (Å²) in [4.78, 5) is 35.8. The van der Waals surface area contributed by atoms with E-state index in [1.807, 2.05) is 25.1 Å². The number of hydrogen-bond acceptors (Lipinski definition) is 6. The van der Waals surface area contributed by atoms with Gasteiger partial charge in [0.1, 0.15) is 11.5 Å². The van der Waals surface area contributed by atoms with Crippen LogP contribution in [0.1, 0.15) is 51.8 Å². The summed E-state index contributed by atoms with van der Waals surface area (Å²) in [7, 11) is 0. The van der Waals surface area contributed by atoms with Crippen LogP contribution >= 0.6 is 0 Å². The van der Waals surface area contributed by atoms with Crippen LogP contribution in [0, 0.1) is 35.9 Å². The molecule has 0 spiro atoms. The molecule has 5 atom stereocenters. The normalized spacial score (nSPS) is 25.4. The average molecular weight is 637 g/mol. The summed E-state index contributed by atoms with van der Waals surface area (Å²) < 4.78 is 15.2. The van der Waals surface area contributed by atoms with Crippen LogP contribution in [0.3, 0.4) is 0 Å². The molecule has 4 aliphatic rings. The molecule has 47 heavy (non-hydrogen) atoms. The fourth-order valence-electron chi connectivity index (χ4n) is 8.00. The van der Waals surface area contributed by atoms with Gasteiger partial charge in [0.25, 0.3) is 5.56 Å². The third kappa shape index (κ3) is 6.15. The zero-order chi connectivity index (χ0) is 32.9. The molecule has 8 rings (SSSR count). The third-order valence-electron chi connectivity index (χ3n) is 11.0. The summed E-state index contributed by atoms with van der Waals surface area (Å²) in [5.41, 5.74) is 3.91. The van der Waals surface area contributed by atoms with Crippen molar-refractivity contribution in [3.05, 3.63) is 82.3 Å². The Morgan fingerprint density at radius 3 is 2.62 bits per heavy atom. The highest BCUT2D eigenvalue weighted by atomic mass is 19.1. The van der Waals surface area contributed by atoms with Crippen LogP contribution in [0.15, 0.2) is 64.6 Å². The molecule has 246 valence electrons. The molecule has 0 amide bonds. The summed E-state index contributed by atoms with van der Waals surface area (Å²) >= 11 is 0. The van der Waals surface area contributed by atoms with Crippen molar-refractivity contribution >= 4 is 22.5 Å². The Balaban J connectivity index is 1.24. The number of nitrogens with one attached hydrogen (secondary N) is 2. The van der Waals surface area contributed by atoms with Gasteiger partial charge in [-0.2, -0.15) is 0 Å². The van der Waals surface area contributed by atoms with E-state index in [-0.39, 0.29) is 17.4 Å². The Labute approximate surface area is 275 Å². The van der Waals surface area contributed by atoms with Crippen LogP contribution in [-0.4, -0.2) is 62.1 Å². The maximum atomic E-state index is 14.0. The molecular formula is C37H45FN8O. The maximum absolute atomic E-state index is 14.0. The van der Waals surface area contributed by atoms with Gasteiger partial charge >= 0.3 is 0 Å². The predicted molar refractivity (Wildman–Crippen MR) is 185 cm³/mol. The van der Waals surface area contributed by atoms with E-state index in [0.29, 0.717) is 58.7 Å². The minimum atomic E-state index is -0.285. The molecule has 2 aromatic heterocycles. The van der Waals surface area contributed by atoms with Crippen LogP contribution in [0.2, 0.25) is 0 Å². The number of nitrogens with zero attached hydrogens (tertiary/aromatic N) is 6. The van der Waals surface area contributed by atoms with Gasteiger partial charge in [-0.1, -0.05) is 32.9 Å². The van der Waals surface area contributed by atoms with Crippen molar-refractivity contribution in [2.45, 2.75) is 72.5 Å².